The molecule has 6 nitrogen and oxygen atoms in total. The maximum atomic E-state index is 11.9. The van der Waals surface area contributed by atoms with E-state index in [1.54, 1.807) is 6.20 Å². The largest absolute Gasteiger partial charge is 0.356 e. The molecule has 2 aromatic rings. The molecule has 0 spiro atoms. The Balaban J connectivity index is 1.84. The van der Waals surface area contributed by atoms with Crippen LogP contribution in [-0.4, -0.2) is 39.3 Å². The second-order valence-electron chi connectivity index (χ2n) is 5.56. The highest BCUT2D eigenvalue weighted by Crippen LogP contribution is 2.33. The van der Waals surface area contributed by atoms with Crippen molar-refractivity contribution < 1.29 is 9.32 Å². The highest BCUT2D eigenvalue weighted by Gasteiger charge is 2.27. The summed E-state index contributed by atoms with van der Waals surface area (Å²) in [7, 11) is 0. The minimum absolute atomic E-state index is 0.219. The summed E-state index contributed by atoms with van der Waals surface area (Å²) in [6, 6.07) is 1.91. The van der Waals surface area contributed by atoms with Crippen LogP contribution in [0.4, 0.5) is 0 Å². The topological polar surface area (TPSA) is 75.0 Å². The maximum Gasteiger partial charge on any atom is 0.222 e. The molecule has 3 rings (SSSR count). The fourth-order valence-electron chi connectivity index (χ4n) is 2.96. The zero-order valence-electron chi connectivity index (χ0n) is 12.4. The monoisotopic (exact) mass is 288 g/mol. The minimum atomic E-state index is 0.219. The third-order valence-corrected chi connectivity index (χ3v) is 4.05. The molecule has 112 valence electrons. The number of carbonyl (C=O) groups excluding carboxylic acids is 1. The number of aryl methyl sites for hydroxylation is 1. The van der Waals surface area contributed by atoms with Crippen molar-refractivity contribution in [1.82, 2.24) is 20.3 Å². The van der Waals surface area contributed by atoms with Crippen LogP contribution in [0, 0.1) is 6.92 Å². The SMILES string of the molecule is CCC(=O)N1CCCC(c2[nH]ncc2-c2cc(C)no2)C1. The van der Waals surface area contributed by atoms with Gasteiger partial charge in [0, 0.05) is 31.5 Å². The van der Waals surface area contributed by atoms with E-state index in [0.29, 0.717) is 6.42 Å². The van der Waals surface area contributed by atoms with Crippen LogP contribution in [0.25, 0.3) is 11.3 Å². The van der Waals surface area contributed by atoms with Gasteiger partial charge >= 0.3 is 0 Å². The van der Waals surface area contributed by atoms with Crippen LogP contribution < -0.4 is 0 Å². The average Bonchev–Trinajstić information content (AvgIpc) is 3.15. The van der Waals surface area contributed by atoms with Crippen molar-refractivity contribution in [2.24, 2.45) is 0 Å². The molecular weight excluding hydrogens is 268 g/mol. The highest BCUT2D eigenvalue weighted by molar-refractivity contribution is 5.76. The molecule has 1 unspecified atom stereocenters. The number of carbonyl (C=O) groups is 1. The predicted octanol–water partition coefficient (Wildman–Crippen LogP) is 2.49. The van der Waals surface area contributed by atoms with Gasteiger partial charge in [-0.05, 0) is 19.8 Å². The number of piperidine rings is 1. The van der Waals surface area contributed by atoms with Crippen molar-refractivity contribution in [3.05, 3.63) is 23.7 Å². The molecule has 1 aliphatic heterocycles. The molecule has 1 fully saturated rings. The Bertz CT molecular complexity index is 631. The number of hydrogen-bond acceptors (Lipinski definition) is 4. The van der Waals surface area contributed by atoms with Gasteiger partial charge in [-0.25, -0.2) is 0 Å². The average molecular weight is 288 g/mol. The first-order valence-electron chi connectivity index (χ1n) is 7.43. The Morgan fingerprint density at radius 3 is 3.14 bits per heavy atom. The molecule has 0 saturated carbocycles. The molecule has 1 atom stereocenters. The Morgan fingerprint density at radius 1 is 1.57 bits per heavy atom. The van der Waals surface area contributed by atoms with Crippen LogP contribution >= 0.6 is 0 Å². The molecule has 1 saturated heterocycles. The number of aromatic amines is 1. The molecule has 0 bridgehead atoms. The number of nitrogens with one attached hydrogen (secondary N) is 1. The smallest absolute Gasteiger partial charge is 0.222 e. The van der Waals surface area contributed by atoms with Gasteiger partial charge in [-0.15, -0.1) is 0 Å². The lowest BCUT2D eigenvalue weighted by atomic mass is 9.92. The summed E-state index contributed by atoms with van der Waals surface area (Å²) in [6.07, 6.45) is 4.40. The Hall–Kier alpha value is -2.11. The van der Waals surface area contributed by atoms with E-state index in [-0.39, 0.29) is 11.8 Å². The fourth-order valence-corrected chi connectivity index (χ4v) is 2.96. The van der Waals surface area contributed by atoms with E-state index < -0.39 is 0 Å². The van der Waals surface area contributed by atoms with Crippen LogP contribution in [-0.2, 0) is 4.79 Å². The summed E-state index contributed by atoms with van der Waals surface area (Å²) >= 11 is 0. The Morgan fingerprint density at radius 2 is 2.43 bits per heavy atom. The zero-order valence-corrected chi connectivity index (χ0v) is 12.4. The van der Waals surface area contributed by atoms with Gasteiger partial charge in [0.25, 0.3) is 0 Å². The number of hydrogen-bond donors (Lipinski definition) is 1. The van der Waals surface area contributed by atoms with Gasteiger partial charge in [0.05, 0.1) is 23.1 Å². The fraction of sp³-hybridized carbons (Fsp3) is 0.533. The van der Waals surface area contributed by atoms with Crippen molar-refractivity contribution in [2.75, 3.05) is 13.1 Å². The number of H-pyrrole nitrogens is 1. The van der Waals surface area contributed by atoms with Crippen molar-refractivity contribution in [3.63, 3.8) is 0 Å². The number of nitrogens with zero attached hydrogens (tertiary/aromatic N) is 3. The van der Waals surface area contributed by atoms with Crippen molar-refractivity contribution in [3.8, 4) is 11.3 Å². The lowest BCUT2D eigenvalue weighted by Gasteiger charge is -2.32. The summed E-state index contributed by atoms with van der Waals surface area (Å²) in [5.41, 5.74) is 2.84. The molecule has 2 aromatic heterocycles. The second-order valence-corrected chi connectivity index (χ2v) is 5.56. The number of aromatic nitrogens is 3. The van der Waals surface area contributed by atoms with E-state index in [1.807, 2.05) is 24.8 Å². The molecular formula is C15H20N4O2. The van der Waals surface area contributed by atoms with Crippen LogP contribution in [0.2, 0.25) is 0 Å². The van der Waals surface area contributed by atoms with Crippen molar-refractivity contribution in [1.29, 1.82) is 0 Å². The second kappa shape index (κ2) is 5.71. The lowest BCUT2D eigenvalue weighted by molar-refractivity contribution is -0.132. The van der Waals surface area contributed by atoms with Crippen molar-refractivity contribution in [2.45, 2.75) is 39.0 Å². The molecule has 0 radical (unpaired) electrons. The highest BCUT2D eigenvalue weighted by atomic mass is 16.5. The molecule has 3 heterocycles. The van der Waals surface area contributed by atoms with Crippen LogP contribution in [0.15, 0.2) is 16.8 Å². The first-order valence-corrected chi connectivity index (χ1v) is 7.43. The Labute approximate surface area is 123 Å². The van der Waals surface area contributed by atoms with E-state index in [2.05, 4.69) is 15.4 Å². The lowest BCUT2D eigenvalue weighted by Crippen LogP contribution is -2.38. The van der Waals surface area contributed by atoms with E-state index in [0.717, 1.165) is 48.6 Å². The first kappa shape index (κ1) is 13.9. The molecule has 1 N–H and O–H groups in total. The van der Waals surface area contributed by atoms with Gasteiger partial charge in [0.2, 0.25) is 5.91 Å². The molecule has 1 amide bonds. The van der Waals surface area contributed by atoms with Gasteiger partial charge in [0.1, 0.15) is 0 Å². The number of amides is 1. The summed E-state index contributed by atoms with van der Waals surface area (Å²) in [6.45, 7) is 5.41. The quantitative estimate of drug-likeness (QED) is 0.941. The van der Waals surface area contributed by atoms with Crippen LogP contribution in [0.3, 0.4) is 0 Å². The standard InChI is InChI=1S/C15H20N4O2/c1-3-14(20)19-6-4-5-11(9-19)15-12(8-16-17-15)13-7-10(2)18-21-13/h7-8,11H,3-6,9H2,1-2H3,(H,16,17). The molecule has 1 aliphatic rings. The van der Waals surface area contributed by atoms with E-state index in [9.17, 15) is 4.79 Å². The molecule has 0 aliphatic carbocycles. The van der Waals surface area contributed by atoms with Gasteiger partial charge in [0.15, 0.2) is 5.76 Å². The molecule has 21 heavy (non-hydrogen) atoms. The third kappa shape index (κ3) is 2.70. The summed E-state index contributed by atoms with van der Waals surface area (Å²) in [5, 5.41) is 11.2. The maximum absolute atomic E-state index is 11.9. The van der Waals surface area contributed by atoms with Gasteiger partial charge in [-0.2, -0.15) is 5.10 Å². The molecule has 6 heteroatoms. The normalized spacial score (nSPS) is 19.0. The van der Waals surface area contributed by atoms with E-state index >= 15 is 0 Å². The minimum Gasteiger partial charge on any atom is -0.356 e. The van der Waals surface area contributed by atoms with Gasteiger partial charge < -0.3 is 9.42 Å². The third-order valence-electron chi connectivity index (χ3n) is 4.05. The molecule has 0 aromatic carbocycles. The van der Waals surface area contributed by atoms with Gasteiger partial charge in [-0.3, -0.25) is 9.89 Å². The van der Waals surface area contributed by atoms with Crippen LogP contribution in [0.5, 0.6) is 0 Å². The number of likely N-dealkylation sites (tertiary alicyclic amines) is 1. The van der Waals surface area contributed by atoms with E-state index in [4.69, 9.17) is 4.52 Å². The zero-order chi connectivity index (χ0) is 14.8. The number of rotatable bonds is 3. The predicted molar refractivity (Wildman–Crippen MR) is 77.7 cm³/mol. The summed E-state index contributed by atoms with van der Waals surface area (Å²) < 4.78 is 5.35. The Kier molecular flexibility index (Phi) is 3.77. The van der Waals surface area contributed by atoms with E-state index in [1.165, 1.54) is 0 Å². The first-order chi connectivity index (χ1) is 10.2. The summed E-state index contributed by atoms with van der Waals surface area (Å²) in [4.78, 5) is 13.9. The van der Waals surface area contributed by atoms with Gasteiger partial charge in [-0.1, -0.05) is 12.1 Å². The van der Waals surface area contributed by atoms with Crippen LogP contribution in [0.1, 0.15) is 43.5 Å². The summed E-state index contributed by atoms with van der Waals surface area (Å²) in [5.74, 6) is 1.23. The van der Waals surface area contributed by atoms with Crippen molar-refractivity contribution >= 4 is 5.91 Å².